The van der Waals surface area contributed by atoms with Gasteiger partial charge in [-0.05, 0) is 31.2 Å². The second-order valence-corrected chi connectivity index (χ2v) is 3.64. The summed E-state index contributed by atoms with van der Waals surface area (Å²) in [5, 5.41) is 8.87. The molecule has 0 aliphatic heterocycles. The van der Waals surface area contributed by atoms with Gasteiger partial charge in [0.2, 0.25) is 0 Å². The van der Waals surface area contributed by atoms with Crippen LogP contribution >= 0.6 is 0 Å². The lowest BCUT2D eigenvalue weighted by atomic mass is 10.1. The first-order chi connectivity index (χ1) is 8.26. The van der Waals surface area contributed by atoms with Crippen LogP contribution in [-0.4, -0.2) is 12.1 Å². The van der Waals surface area contributed by atoms with E-state index >= 15 is 0 Å². The van der Waals surface area contributed by atoms with E-state index in [0.717, 1.165) is 22.7 Å². The van der Waals surface area contributed by atoms with E-state index in [1.807, 2.05) is 37.3 Å². The van der Waals surface area contributed by atoms with Gasteiger partial charge in [0.15, 0.2) is 0 Å². The number of pyridine rings is 1. The van der Waals surface area contributed by atoms with Gasteiger partial charge in [-0.3, -0.25) is 4.98 Å². The molecular formula is C14H12N2O. The molecule has 3 heteroatoms. The molecule has 0 atom stereocenters. The summed E-state index contributed by atoms with van der Waals surface area (Å²) in [5.74, 6) is 0.782. The molecule has 0 spiro atoms. The third kappa shape index (κ3) is 2.11. The van der Waals surface area contributed by atoms with Crippen LogP contribution in [0.4, 0.5) is 0 Å². The molecule has 0 N–H and O–H groups in total. The Morgan fingerprint density at radius 1 is 1.18 bits per heavy atom. The van der Waals surface area contributed by atoms with E-state index in [1.54, 1.807) is 13.2 Å². The topological polar surface area (TPSA) is 45.9 Å². The van der Waals surface area contributed by atoms with Gasteiger partial charge in [-0.2, -0.15) is 5.26 Å². The number of benzene rings is 1. The molecule has 1 heterocycles. The molecule has 0 aliphatic carbocycles. The molecule has 17 heavy (non-hydrogen) atoms. The van der Waals surface area contributed by atoms with Crippen molar-refractivity contribution in [3.8, 4) is 23.1 Å². The maximum atomic E-state index is 8.87. The summed E-state index contributed by atoms with van der Waals surface area (Å²) in [5.41, 5.74) is 3.08. The molecule has 2 rings (SSSR count). The van der Waals surface area contributed by atoms with Gasteiger partial charge in [-0.1, -0.05) is 12.1 Å². The first-order valence-electron chi connectivity index (χ1n) is 5.27. The Balaban J connectivity index is 2.54. The van der Waals surface area contributed by atoms with E-state index in [-0.39, 0.29) is 0 Å². The quantitative estimate of drug-likeness (QED) is 0.787. The highest BCUT2D eigenvalue weighted by Crippen LogP contribution is 2.28. The minimum atomic E-state index is 0.601. The molecule has 0 unspecified atom stereocenters. The van der Waals surface area contributed by atoms with Crippen molar-refractivity contribution >= 4 is 0 Å². The van der Waals surface area contributed by atoms with Crippen molar-refractivity contribution in [2.24, 2.45) is 0 Å². The van der Waals surface area contributed by atoms with Crippen LogP contribution in [0.3, 0.4) is 0 Å². The number of methoxy groups -OCH3 is 1. The molecule has 0 saturated carbocycles. The molecule has 0 fully saturated rings. The zero-order valence-electron chi connectivity index (χ0n) is 9.77. The van der Waals surface area contributed by atoms with Gasteiger partial charge in [0, 0.05) is 5.56 Å². The summed E-state index contributed by atoms with van der Waals surface area (Å²) in [6.07, 6.45) is 0. The molecule has 0 radical (unpaired) electrons. The highest BCUT2D eigenvalue weighted by atomic mass is 16.5. The molecule has 0 aliphatic rings. The number of nitrogens with zero attached hydrogens (tertiary/aromatic N) is 2. The Hall–Kier alpha value is -2.34. The van der Waals surface area contributed by atoms with E-state index in [0.29, 0.717) is 5.56 Å². The van der Waals surface area contributed by atoms with Crippen molar-refractivity contribution in [3.05, 3.63) is 47.7 Å². The number of ether oxygens (including phenoxy) is 1. The number of hydrogen-bond acceptors (Lipinski definition) is 3. The van der Waals surface area contributed by atoms with E-state index in [1.165, 1.54) is 0 Å². The van der Waals surface area contributed by atoms with Gasteiger partial charge in [0.1, 0.15) is 11.8 Å². The minimum Gasteiger partial charge on any atom is -0.496 e. The van der Waals surface area contributed by atoms with Crippen LogP contribution in [0.5, 0.6) is 5.75 Å². The normalized spacial score (nSPS) is 9.71. The summed E-state index contributed by atoms with van der Waals surface area (Å²) in [7, 11) is 1.63. The van der Waals surface area contributed by atoms with Gasteiger partial charge in [-0.25, -0.2) is 0 Å². The van der Waals surface area contributed by atoms with E-state index in [2.05, 4.69) is 11.1 Å². The Kier molecular flexibility index (Phi) is 3.06. The second kappa shape index (κ2) is 4.67. The van der Waals surface area contributed by atoms with Gasteiger partial charge in [-0.15, -0.1) is 0 Å². The third-order valence-electron chi connectivity index (χ3n) is 2.59. The zero-order chi connectivity index (χ0) is 12.3. The Morgan fingerprint density at radius 3 is 2.59 bits per heavy atom. The summed E-state index contributed by atoms with van der Waals surface area (Å²) >= 11 is 0. The molecule has 84 valence electrons. The van der Waals surface area contributed by atoms with Crippen LogP contribution in [0, 0.1) is 18.3 Å². The largest absolute Gasteiger partial charge is 0.496 e. The standard InChI is InChI=1S/C14H12N2O/c1-10-11(9-15)7-8-13(16-10)12-5-3-4-6-14(12)17-2/h3-8H,1-2H3. The molecule has 0 amide bonds. The molecule has 1 aromatic heterocycles. The third-order valence-corrected chi connectivity index (χ3v) is 2.59. The van der Waals surface area contributed by atoms with Crippen LogP contribution < -0.4 is 4.74 Å². The van der Waals surface area contributed by atoms with Gasteiger partial charge in [0.25, 0.3) is 0 Å². The first-order valence-corrected chi connectivity index (χ1v) is 5.27. The number of hydrogen-bond donors (Lipinski definition) is 0. The average molecular weight is 224 g/mol. The molecule has 0 bridgehead atoms. The smallest absolute Gasteiger partial charge is 0.128 e. The molecule has 0 saturated heterocycles. The van der Waals surface area contributed by atoms with E-state index < -0.39 is 0 Å². The summed E-state index contributed by atoms with van der Waals surface area (Å²) in [6, 6.07) is 13.4. The Labute approximate surface area is 100 Å². The maximum absolute atomic E-state index is 8.87. The van der Waals surface area contributed by atoms with Crippen molar-refractivity contribution in [2.75, 3.05) is 7.11 Å². The summed E-state index contributed by atoms with van der Waals surface area (Å²) in [4.78, 5) is 4.42. The van der Waals surface area contributed by atoms with E-state index in [9.17, 15) is 0 Å². The number of nitriles is 1. The fraction of sp³-hybridized carbons (Fsp3) is 0.143. The molecule has 1 aromatic carbocycles. The average Bonchev–Trinajstić information content (AvgIpc) is 2.38. The lowest BCUT2D eigenvalue weighted by Crippen LogP contribution is -1.93. The predicted molar refractivity (Wildman–Crippen MR) is 65.7 cm³/mol. The SMILES string of the molecule is COc1ccccc1-c1ccc(C#N)c(C)n1. The summed E-state index contributed by atoms with van der Waals surface area (Å²) < 4.78 is 5.29. The molecule has 2 aromatic rings. The van der Waals surface area contributed by atoms with Crippen LogP contribution in [0.25, 0.3) is 11.3 Å². The number of para-hydroxylation sites is 1. The highest BCUT2D eigenvalue weighted by Gasteiger charge is 2.07. The van der Waals surface area contributed by atoms with Crippen LogP contribution in [0.1, 0.15) is 11.3 Å². The lowest BCUT2D eigenvalue weighted by molar-refractivity contribution is 0.416. The van der Waals surface area contributed by atoms with Crippen molar-refractivity contribution in [2.45, 2.75) is 6.92 Å². The first kappa shape index (κ1) is 11.2. The number of aromatic nitrogens is 1. The van der Waals surface area contributed by atoms with Gasteiger partial charge >= 0.3 is 0 Å². The predicted octanol–water partition coefficient (Wildman–Crippen LogP) is 2.94. The van der Waals surface area contributed by atoms with E-state index in [4.69, 9.17) is 10.00 Å². The lowest BCUT2D eigenvalue weighted by Gasteiger charge is -2.08. The van der Waals surface area contributed by atoms with Crippen LogP contribution in [0.15, 0.2) is 36.4 Å². The van der Waals surface area contributed by atoms with Gasteiger partial charge < -0.3 is 4.74 Å². The minimum absolute atomic E-state index is 0.601. The highest BCUT2D eigenvalue weighted by molar-refractivity contribution is 5.67. The second-order valence-electron chi connectivity index (χ2n) is 3.64. The Bertz CT molecular complexity index is 585. The zero-order valence-corrected chi connectivity index (χ0v) is 9.77. The monoisotopic (exact) mass is 224 g/mol. The fourth-order valence-electron chi connectivity index (χ4n) is 1.69. The van der Waals surface area contributed by atoms with Crippen molar-refractivity contribution in [1.29, 1.82) is 5.26 Å². The van der Waals surface area contributed by atoms with Crippen molar-refractivity contribution < 1.29 is 4.74 Å². The maximum Gasteiger partial charge on any atom is 0.128 e. The number of aryl methyl sites for hydroxylation is 1. The van der Waals surface area contributed by atoms with Crippen molar-refractivity contribution in [3.63, 3.8) is 0 Å². The number of rotatable bonds is 2. The van der Waals surface area contributed by atoms with Crippen molar-refractivity contribution in [1.82, 2.24) is 4.98 Å². The van der Waals surface area contributed by atoms with Crippen LogP contribution in [0.2, 0.25) is 0 Å². The molecular weight excluding hydrogens is 212 g/mol. The molecule has 3 nitrogen and oxygen atoms in total. The summed E-state index contributed by atoms with van der Waals surface area (Å²) in [6.45, 7) is 1.83. The fourth-order valence-corrected chi connectivity index (χ4v) is 1.69. The Morgan fingerprint density at radius 2 is 1.94 bits per heavy atom. The van der Waals surface area contributed by atoms with Gasteiger partial charge in [0.05, 0.1) is 24.1 Å². The van der Waals surface area contributed by atoms with Crippen LogP contribution in [-0.2, 0) is 0 Å².